The summed E-state index contributed by atoms with van der Waals surface area (Å²) in [6.07, 6.45) is 1.31. The Balaban J connectivity index is 2.48. The molecule has 0 aromatic carbocycles. The van der Waals surface area contributed by atoms with E-state index >= 15 is 0 Å². The van der Waals surface area contributed by atoms with Crippen molar-refractivity contribution in [2.24, 2.45) is 0 Å². The number of hydrogen-bond donors (Lipinski definition) is 2. The molecule has 0 saturated carbocycles. The van der Waals surface area contributed by atoms with Gasteiger partial charge in [0.1, 0.15) is 11.4 Å². The maximum Gasteiger partial charge on any atom is 0.341 e. The second-order valence-corrected chi connectivity index (χ2v) is 5.58. The number of thiophene rings is 1. The van der Waals surface area contributed by atoms with E-state index in [2.05, 4.69) is 31.2 Å². The molecule has 0 aliphatic rings. The molecule has 2 heterocycles. The van der Waals surface area contributed by atoms with Gasteiger partial charge in [0.25, 0.3) is 0 Å². The van der Waals surface area contributed by atoms with Crippen molar-refractivity contribution in [3.8, 4) is 10.7 Å². The Bertz CT molecular complexity index is 570. The highest BCUT2D eigenvalue weighted by Crippen LogP contribution is 2.29. The second-order valence-electron chi connectivity index (χ2n) is 3.11. The summed E-state index contributed by atoms with van der Waals surface area (Å²) >= 11 is 4.85. The lowest BCUT2D eigenvalue weighted by Crippen LogP contribution is -2.06. The van der Waals surface area contributed by atoms with Crippen LogP contribution in [-0.4, -0.2) is 28.1 Å². The highest BCUT2D eigenvalue weighted by molar-refractivity contribution is 9.11. The van der Waals surface area contributed by atoms with Crippen LogP contribution in [0.2, 0.25) is 0 Å². The van der Waals surface area contributed by atoms with Crippen LogP contribution < -0.4 is 5.32 Å². The first-order chi connectivity index (χ1) is 8.11. The van der Waals surface area contributed by atoms with E-state index in [-0.39, 0.29) is 5.56 Å². The van der Waals surface area contributed by atoms with E-state index in [1.165, 1.54) is 17.5 Å². The Morgan fingerprint density at radius 2 is 2.29 bits per heavy atom. The van der Waals surface area contributed by atoms with Crippen LogP contribution >= 0.6 is 27.3 Å². The molecule has 2 rings (SSSR count). The van der Waals surface area contributed by atoms with Crippen LogP contribution in [0.1, 0.15) is 10.4 Å². The number of rotatable bonds is 3. The third-order valence-corrected chi connectivity index (χ3v) is 3.67. The molecule has 2 aromatic rings. The minimum Gasteiger partial charge on any atom is -0.477 e. The van der Waals surface area contributed by atoms with Gasteiger partial charge < -0.3 is 10.4 Å². The van der Waals surface area contributed by atoms with Crippen molar-refractivity contribution in [2.75, 3.05) is 12.4 Å². The Kier molecular flexibility index (Phi) is 3.39. The molecule has 0 radical (unpaired) electrons. The van der Waals surface area contributed by atoms with Crippen molar-refractivity contribution in [3.05, 3.63) is 27.7 Å². The smallest absolute Gasteiger partial charge is 0.341 e. The van der Waals surface area contributed by atoms with Crippen molar-refractivity contribution in [3.63, 3.8) is 0 Å². The number of anilines is 1. The van der Waals surface area contributed by atoms with Crippen molar-refractivity contribution in [2.45, 2.75) is 0 Å². The molecular weight excluding hydrogens is 306 g/mol. The van der Waals surface area contributed by atoms with Gasteiger partial charge in [-0.2, -0.15) is 0 Å². The van der Waals surface area contributed by atoms with Crippen LogP contribution in [-0.2, 0) is 0 Å². The minimum atomic E-state index is -1.05. The molecular formula is C10H8BrN3O2S. The number of hydrogen-bond acceptors (Lipinski definition) is 5. The van der Waals surface area contributed by atoms with Crippen LogP contribution in [0, 0.1) is 0 Å². The summed E-state index contributed by atoms with van der Waals surface area (Å²) in [4.78, 5) is 20.0. The number of halogens is 1. The van der Waals surface area contributed by atoms with Gasteiger partial charge in [-0.25, -0.2) is 14.8 Å². The molecule has 5 nitrogen and oxygen atoms in total. The van der Waals surface area contributed by atoms with Gasteiger partial charge >= 0.3 is 5.97 Å². The van der Waals surface area contributed by atoms with E-state index < -0.39 is 5.97 Å². The predicted molar refractivity (Wildman–Crippen MR) is 69.6 cm³/mol. The van der Waals surface area contributed by atoms with Crippen molar-refractivity contribution < 1.29 is 9.90 Å². The third kappa shape index (κ3) is 2.45. The second kappa shape index (κ2) is 4.80. The summed E-state index contributed by atoms with van der Waals surface area (Å²) in [5, 5.41) is 11.7. The van der Waals surface area contributed by atoms with Crippen molar-refractivity contribution in [1.29, 1.82) is 0 Å². The number of nitrogens with zero attached hydrogens (tertiary/aromatic N) is 2. The first kappa shape index (κ1) is 12.0. The predicted octanol–water partition coefficient (Wildman–Crippen LogP) is 2.71. The Hall–Kier alpha value is -1.47. The average molecular weight is 314 g/mol. The van der Waals surface area contributed by atoms with Crippen molar-refractivity contribution in [1.82, 2.24) is 9.97 Å². The molecule has 2 aromatic heterocycles. The highest BCUT2D eigenvalue weighted by atomic mass is 79.9. The summed E-state index contributed by atoms with van der Waals surface area (Å²) in [5.41, 5.74) is 0.0619. The molecule has 0 bridgehead atoms. The third-order valence-electron chi connectivity index (χ3n) is 2.05. The molecule has 17 heavy (non-hydrogen) atoms. The first-order valence-electron chi connectivity index (χ1n) is 4.65. The lowest BCUT2D eigenvalue weighted by atomic mass is 10.3. The van der Waals surface area contributed by atoms with E-state index in [1.54, 1.807) is 7.05 Å². The van der Waals surface area contributed by atoms with E-state index in [0.717, 1.165) is 8.66 Å². The number of nitrogens with one attached hydrogen (secondary N) is 1. The number of aromatic carboxylic acids is 1. The van der Waals surface area contributed by atoms with Gasteiger partial charge in [0.05, 0.1) is 8.66 Å². The fourth-order valence-electron chi connectivity index (χ4n) is 1.28. The zero-order chi connectivity index (χ0) is 12.4. The molecule has 0 aliphatic heterocycles. The summed E-state index contributed by atoms with van der Waals surface area (Å²) in [5.74, 6) is -0.227. The monoisotopic (exact) mass is 313 g/mol. The largest absolute Gasteiger partial charge is 0.477 e. The molecule has 0 aliphatic carbocycles. The fraction of sp³-hybridized carbons (Fsp3) is 0.100. The maximum atomic E-state index is 10.9. The molecule has 0 unspecified atom stereocenters. The number of carboxylic acid groups (broad SMARTS) is 1. The molecule has 0 saturated heterocycles. The summed E-state index contributed by atoms with van der Waals surface area (Å²) in [7, 11) is 1.63. The van der Waals surface area contributed by atoms with Crippen LogP contribution in [0.15, 0.2) is 22.1 Å². The Morgan fingerprint density at radius 3 is 2.82 bits per heavy atom. The standard InChI is InChI=1S/C10H8BrN3O2S/c1-12-8-5(10(15)16)4-13-9(14-8)6-2-3-7(11)17-6/h2-4H,1H3,(H,15,16)(H,12,13,14). The average Bonchev–Trinajstić information content (AvgIpc) is 2.75. The van der Waals surface area contributed by atoms with Gasteiger partial charge in [-0.3, -0.25) is 0 Å². The van der Waals surface area contributed by atoms with Gasteiger partial charge in [0, 0.05) is 13.2 Å². The van der Waals surface area contributed by atoms with Crippen LogP contribution in [0.25, 0.3) is 10.7 Å². The lowest BCUT2D eigenvalue weighted by Gasteiger charge is -2.05. The molecule has 0 atom stereocenters. The molecule has 0 amide bonds. The molecule has 0 fully saturated rings. The topological polar surface area (TPSA) is 75.1 Å². The SMILES string of the molecule is CNc1nc(-c2ccc(Br)s2)ncc1C(=O)O. The van der Waals surface area contributed by atoms with E-state index in [9.17, 15) is 4.79 Å². The summed E-state index contributed by atoms with van der Waals surface area (Å²) < 4.78 is 0.976. The van der Waals surface area contributed by atoms with Crippen LogP contribution in [0.3, 0.4) is 0 Å². The van der Waals surface area contributed by atoms with E-state index in [4.69, 9.17) is 5.11 Å². The van der Waals surface area contributed by atoms with Gasteiger partial charge in [-0.15, -0.1) is 11.3 Å². The van der Waals surface area contributed by atoms with E-state index in [0.29, 0.717) is 11.6 Å². The number of aromatic nitrogens is 2. The normalized spacial score (nSPS) is 10.2. The Labute approximate surface area is 110 Å². The summed E-state index contributed by atoms with van der Waals surface area (Å²) in [6, 6.07) is 3.78. The van der Waals surface area contributed by atoms with E-state index in [1.807, 2.05) is 12.1 Å². The minimum absolute atomic E-state index is 0.0619. The fourth-order valence-corrected chi connectivity index (χ4v) is 2.61. The van der Waals surface area contributed by atoms with Gasteiger partial charge in [-0.05, 0) is 28.1 Å². The number of carboxylic acids is 1. The summed E-state index contributed by atoms with van der Waals surface area (Å²) in [6.45, 7) is 0. The highest BCUT2D eigenvalue weighted by Gasteiger charge is 2.13. The lowest BCUT2D eigenvalue weighted by molar-refractivity contribution is 0.0697. The first-order valence-corrected chi connectivity index (χ1v) is 6.26. The van der Waals surface area contributed by atoms with Crippen molar-refractivity contribution >= 4 is 39.1 Å². The van der Waals surface area contributed by atoms with Gasteiger partial charge in [0.15, 0.2) is 5.82 Å². The zero-order valence-electron chi connectivity index (χ0n) is 8.77. The van der Waals surface area contributed by atoms with Crippen LogP contribution in [0.4, 0.5) is 5.82 Å². The Morgan fingerprint density at radius 1 is 1.53 bits per heavy atom. The zero-order valence-corrected chi connectivity index (χ0v) is 11.2. The van der Waals surface area contributed by atoms with Crippen LogP contribution in [0.5, 0.6) is 0 Å². The molecule has 88 valence electrons. The van der Waals surface area contributed by atoms with Gasteiger partial charge in [-0.1, -0.05) is 0 Å². The molecule has 2 N–H and O–H groups in total. The quantitative estimate of drug-likeness (QED) is 0.911. The maximum absolute atomic E-state index is 10.9. The molecule has 7 heteroatoms. The number of carbonyl (C=O) groups is 1. The molecule has 0 spiro atoms. The van der Waals surface area contributed by atoms with Gasteiger partial charge in [0.2, 0.25) is 0 Å².